The summed E-state index contributed by atoms with van der Waals surface area (Å²) in [6, 6.07) is 6.38. The molecule has 2 heteroatoms. The minimum Gasteiger partial charge on any atom is -0.240 e. The third-order valence-corrected chi connectivity index (χ3v) is 2.27. The molecule has 0 spiro atoms. The average Bonchev–Trinajstić information content (AvgIpc) is 2.73. The van der Waals surface area contributed by atoms with Gasteiger partial charge in [-0.15, -0.1) is 0 Å². The van der Waals surface area contributed by atoms with Gasteiger partial charge in [-0.3, -0.25) is 0 Å². The van der Waals surface area contributed by atoms with Crippen LogP contribution in [0.3, 0.4) is 0 Å². The van der Waals surface area contributed by atoms with Crippen LogP contribution in [0.1, 0.15) is 58.7 Å². The molecular formula is C15H26N2. The highest BCUT2D eigenvalue weighted by molar-refractivity contribution is 5.48. The molecule has 0 unspecified atom stereocenters. The molecule has 2 aromatic heterocycles. The molecule has 0 aliphatic heterocycles. The first-order chi connectivity index (χ1) is 8.16. The Morgan fingerprint density at radius 2 is 1.65 bits per heavy atom. The lowest BCUT2D eigenvalue weighted by atomic mass is 10.1. The number of fused-ring (bicyclic) bond motifs is 1. The second-order valence-corrected chi connectivity index (χ2v) is 3.77. The van der Waals surface area contributed by atoms with Gasteiger partial charge < -0.3 is 0 Å². The van der Waals surface area contributed by atoms with Crippen LogP contribution in [0.25, 0.3) is 5.52 Å². The number of pyridine rings is 1. The molecule has 0 aliphatic rings. The molecule has 0 bridgehead atoms. The van der Waals surface area contributed by atoms with Crippen molar-refractivity contribution in [2.24, 2.45) is 0 Å². The molecule has 0 atom stereocenters. The lowest BCUT2D eigenvalue weighted by Gasteiger charge is -2.04. The molecule has 2 rings (SSSR count). The first kappa shape index (κ1) is 15.7. The third kappa shape index (κ3) is 4.22. The smallest absolute Gasteiger partial charge is 0.0664 e. The fourth-order valence-electron chi connectivity index (χ4n) is 1.47. The highest BCUT2D eigenvalue weighted by Gasteiger charge is 2.01. The maximum absolute atomic E-state index is 4.37. The Kier molecular flexibility index (Phi) is 7.27. The Labute approximate surface area is 106 Å². The second-order valence-electron chi connectivity index (χ2n) is 3.77. The molecule has 0 amide bonds. The van der Waals surface area contributed by atoms with Crippen LogP contribution in [-0.4, -0.2) is 9.61 Å². The van der Waals surface area contributed by atoms with E-state index in [0.29, 0.717) is 5.92 Å². The molecular weight excluding hydrogens is 208 g/mol. The van der Waals surface area contributed by atoms with Crippen LogP contribution in [-0.2, 0) is 0 Å². The van der Waals surface area contributed by atoms with Gasteiger partial charge >= 0.3 is 0 Å². The largest absolute Gasteiger partial charge is 0.240 e. The van der Waals surface area contributed by atoms with E-state index in [1.165, 1.54) is 11.1 Å². The van der Waals surface area contributed by atoms with E-state index >= 15 is 0 Å². The van der Waals surface area contributed by atoms with Gasteiger partial charge in [0.1, 0.15) is 0 Å². The first-order valence-corrected chi connectivity index (χ1v) is 6.63. The number of nitrogens with zero attached hydrogens (tertiary/aromatic N) is 2. The van der Waals surface area contributed by atoms with Gasteiger partial charge in [0.15, 0.2) is 0 Å². The predicted molar refractivity (Wildman–Crippen MR) is 76.7 cm³/mol. The zero-order valence-corrected chi connectivity index (χ0v) is 12.3. The summed E-state index contributed by atoms with van der Waals surface area (Å²) >= 11 is 0. The summed E-state index contributed by atoms with van der Waals surface area (Å²) < 4.78 is 1.95. The molecule has 2 aromatic rings. The van der Waals surface area contributed by atoms with Gasteiger partial charge in [-0.2, -0.15) is 5.10 Å². The van der Waals surface area contributed by atoms with E-state index in [1.807, 2.05) is 39.1 Å². The van der Waals surface area contributed by atoms with Crippen LogP contribution in [0.15, 0.2) is 24.4 Å². The molecule has 0 saturated heterocycles. The zero-order valence-electron chi connectivity index (χ0n) is 12.3. The maximum Gasteiger partial charge on any atom is 0.0664 e. The van der Waals surface area contributed by atoms with Gasteiger partial charge in [-0.05, 0) is 30.5 Å². The van der Waals surface area contributed by atoms with Crippen molar-refractivity contribution in [3.63, 3.8) is 0 Å². The number of aryl methyl sites for hydroxylation is 1. The summed E-state index contributed by atoms with van der Waals surface area (Å²) in [5.41, 5.74) is 3.57. The minimum absolute atomic E-state index is 0.564. The summed E-state index contributed by atoms with van der Waals surface area (Å²) in [5.74, 6) is 0.564. The van der Waals surface area contributed by atoms with E-state index < -0.39 is 0 Å². The van der Waals surface area contributed by atoms with Crippen LogP contribution in [0.2, 0.25) is 0 Å². The van der Waals surface area contributed by atoms with Crippen molar-refractivity contribution in [2.45, 2.75) is 54.4 Å². The molecule has 0 radical (unpaired) electrons. The SMILES string of the molecule is CC.CC.Cc1cc2ccc(C(C)C)cn2n1. The molecule has 2 heterocycles. The van der Waals surface area contributed by atoms with Crippen molar-refractivity contribution in [3.05, 3.63) is 35.7 Å². The molecule has 2 nitrogen and oxygen atoms in total. The average molecular weight is 234 g/mol. The van der Waals surface area contributed by atoms with E-state index in [-0.39, 0.29) is 0 Å². The van der Waals surface area contributed by atoms with Crippen molar-refractivity contribution in [3.8, 4) is 0 Å². The van der Waals surface area contributed by atoms with Gasteiger partial charge in [-0.25, -0.2) is 4.52 Å². The highest BCUT2D eigenvalue weighted by Crippen LogP contribution is 2.15. The van der Waals surface area contributed by atoms with Crippen molar-refractivity contribution < 1.29 is 0 Å². The molecule has 0 aliphatic carbocycles. The van der Waals surface area contributed by atoms with Gasteiger partial charge in [0.2, 0.25) is 0 Å². The number of aromatic nitrogens is 2. The van der Waals surface area contributed by atoms with Crippen LogP contribution in [0.4, 0.5) is 0 Å². The first-order valence-electron chi connectivity index (χ1n) is 6.63. The molecule has 0 aromatic carbocycles. The second kappa shape index (κ2) is 7.88. The summed E-state index contributed by atoms with van der Waals surface area (Å²) in [6.45, 7) is 14.4. The Morgan fingerprint density at radius 1 is 1.06 bits per heavy atom. The Hall–Kier alpha value is -1.31. The number of rotatable bonds is 1. The molecule has 17 heavy (non-hydrogen) atoms. The van der Waals surface area contributed by atoms with E-state index in [1.54, 1.807) is 0 Å². The Bertz CT molecular complexity index is 427. The molecule has 96 valence electrons. The van der Waals surface area contributed by atoms with Gasteiger partial charge in [-0.1, -0.05) is 47.6 Å². The number of hydrogen-bond donors (Lipinski definition) is 0. The Balaban J connectivity index is 0.000000581. The van der Waals surface area contributed by atoms with Crippen LogP contribution < -0.4 is 0 Å². The predicted octanol–water partition coefficient (Wildman–Crippen LogP) is 4.82. The number of hydrogen-bond acceptors (Lipinski definition) is 1. The van der Waals surface area contributed by atoms with Gasteiger partial charge in [0.05, 0.1) is 11.2 Å². The normalized spacial score (nSPS) is 9.41. The van der Waals surface area contributed by atoms with Crippen LogP contribution in [0, 0.1) is 6.92 Å². The summed E-state index contributed by atoms with van der Waals surface area (Å²) in [6.07, 6.45) is 2.10. The zero-order chi connectivity index (χ0) is 13.4. The molecule has 0 fully saturated rings. The quantitative estimate of drug-likeness (QED) is 0.691. The maximum atomic E-state index is 4.37. The van der Waals surface area contributed by atoms with E-state index in [9.17, 15) is 0 Å². The fraction of sp³-hybridized carbons (Fsp3) is 0.533. The van der Waals surface area contributed by atoms with Crippen LogP contribution in [0.5, 0.6) is 0 Å². The highest BCUT2D eigenvalue weighted by atomic mass is 15.2. The Morgan fingerprint density at radius 3 is 2.18 bits per heavy atom. The minimum atomic E-state index is 0.564. The van der Waals surface area contributed by atoms with E-state index in [2.05, 4.69) is 43.3 Å². The summed E-state index contributed by atoms with van der Waals surface area (Å²) in [7, 11) is 0. The standard InChI is InChI=1S/C11H14N2.2C2H6/c1-8(2)10-4-5-11-6-9(3)12-13(11)7-10;2*1-2/h4-8H,1-3H3;2*1-2H3. The summed E-state index contributed by atoms with van der Waals surface area (Å²) in [5, 5.41) is 4.37. The molecule has 0 saturated carbocycles. The van der Waals surface area contributed by atoms with Gasteiger partial charge in [0.25, 0.3) is 0 Å². The van der Waals surface area contributed by atoms with E-state index in [4.69, 9.17) is 0 Å². The lowest BCUT2D eigenvalue weighted by Crippen LogP contribution is -1.93. The third-order valence-electron chi connectivity index (χ3n) is 2.27. The van der Waals surface area contributed by atoms with Crippen molar-refractivity contribution in [2.75, 3.05) is 0 Å². The van der Waals surface area contributed by atoms with Crippen LogP contribution >= 0.6 is 0 Å². The fourth-order valence-corrected chi connectivity index (χ4v) is 1.47. The van der Waals surface area contributed by atoms with Crippen molar-refractivity contribution >= 4 is 5.52 Å². The monoisotopic (exact) mass is 234 g/mol. The molecule has 0 N–H and O–H groups in total. The van der Waals surface area contributed by atoms with Crippen molar-refractivity contribution in [1.29, 1.82) is 0 Å². The van der Waals surface area contributed by atoms with Gasteiger partial charge in [0, 0.05) is 6.20 Å². The van der Waals surface area contributed by atoms with Crippen molar-refractivity contribution in [1.82, 2.24) is 9.61 Å². The van der Waals surface area contributed by atoms with E-state index in [0.717, 1.165) is 5.69 Å². The summed E-state index contributed by atoms with van der Waals surface area (Å²) in [4.78, 5) is 0. The lowest BCUT2D eigenvalue weighted by molar-refractivity contribution is 0.831. The topological polar surface area (TPSA) is 17.3 Å².